The standard InChI is InChI=1S/C16H27N5/c1-5-15-14(7-9-17)16(6-2)21(19-15)11-13-8-10-20(18-13)12(3)4/h8,10,12H,5-7,9,11,17H2,1-4H3. The van der Waals surface area contributed by atoms with E-state index in [2.05, 4.69) is 43.5 Å². The third-order valence-electron chi connectivity index (χ3n) is 3.82. The van der Waals surface area contributed by atoms with Crippen molar-refractivity contribution < 1.29 is 0 Å². The van der Waals surface area contributed by atoms with E-state index in [1.54, 1.807) is 0 Å². The number of hydrogen-bond donors (Lipinski definition) is 1. The van der Waals surface area contributed by atoms with Crippen molar-refractivity contribution >= 4 is 0 Å². The lowest BCUT2D eigenvalue weighted by Crippen LogP contribution is -2.10. The fourth-order valence-electron chi connectivity index (χ4n) is 2.74. The van der Waals surface area contributed by atoms with Gasteiger partial charge in [0.15, 0.2) is 0 Å². The van der Waals surface area contributed by atoms with E-state index in [0.717, 1.165) is 31.5 Å². The molecule has 21 heavy (non-hydrogen) atoms. The molecule has 2 aromatic heterocycles. The van der Waals surface area contributed by atoms with Gasteiger partial charge in [0, 0.05) is 17.9 Å². The van der Waals surface area contributed by atoms with Crippen molar-refractivity contribution in [3.63, 3.8) is 0 Å². The van der Waals surface area contributed by atoms with E-state index in [1.807, 2.05) is 10.9 Å². The molecule has 0 aliphatic heterocycles. The van der Waals surface area contributed by atoms with Crippen molar-refractivity contribution in [2.45, 2.75) is 59.5 Å². The molecule has 0 unspecified atom stereocenters. The quantitative estimate of drug-likeness (QED) is 0.851. The summed E-state index contributed by atoms with van der Waals surface area (Å²) in [5, 5.41) is 9.40. The van der Waals surface area contributed by atoms with Gasteiger partial charge < -0.3 is 5.73 Å². The molecule has 0 saturated carbocycles. The van der Waals surface area contributed by atoms with Crippen LogP contribution in [0.2, 0.25) is 0 Å². The molecule has 0 atom stereocenters. The molecule has 0 aliphatic carbocycles. The molecule has 0 saturated heterocycles. The Bertz CT molecular complexity index is 580. The monoisotopic (exact) mass is 289 g/mol. The van der Waals surface area contributed by atoms with Crippen LogP contribution in [0.15, 0.2) is 12.3 Å². The van der Waals surface area contributed by atoms with Crippen LogP contribution in [-0.4, -0.2) is 26.1 Å². The predicted molar refractivity (Wildman–Crippen MR) is 85.5 cm³/mol. The highest BCUT2D eigenvalue weighted by atomic mass is 15.3. The van der Waals surface area contributed by atoms with Crippen molar-refractivity contribution in [2.24, 2.45) is 5.73 Å². The molecular weight excluding hydrogens is 262 g/mol. The highest BCUT2D eigenvalue weighted by Gasteiger charge is 2.15. The molecule has 0 aliphatic rings. The number of nitrogens with two attached hydrogens (primary N) is 1. The minimum absolute atomic E-state index is 0.390. The number of rotatable bonds is 7. The first-order valence-corrected chi connectivity index (χ1v) is 7.92. The SMILES string of the molecule is CCc1nn(Cc2ccn(C(C)C)n2)c(CC)c1CCN. The smallest absolute Gasteiger partial charge is 0.0853 e. The van der Waals surface area contributed by atoms with E-state index in [4.69, 9.17) is 10.8 Å². The van der Waals surface area contributed by atoms with Gasteiger partial charge in [0.25, 0.3) is 0 Å². The lowest BCUT2D eigenvalue weighted by atomic mass is 10.1. The normalized spacial score (nSPS) is 11.5. The van der Waals surface area contributed by atoms with Crippen molar-refractivity contribution in [1.82, 2.24) is 19.6 Å². The van der Waals surface area contributed by atoms with E-state index >= 15 is 0 Å². The number of aryl methyl sites for hydroxylation is 1. The molecule has 0 amide bonds. The lowest BCUT2D eigenvalue weighted by molar-refractivity contribution is 0.518. The molecule has 0 spiro atoms. The van der Waals surface area contributed by atoms with Crippen LogP contribution >= 0.6 is 0 Å². The molecule has 0 bridgehead atoms. The first-order chi connectivity index (χ1) is 10.1. The Morgan fingerprint density at radius 2 is 1.95 bits per heavy atom. The average molecular weight is 289 g/mol. The fraction of sp³-hybridized carbons (Fsp3) is 0.625. The molecule has 0 aromatic carbocycles. The van der Waals surface area contributed by atoms with Crippen LogP contribution in [0.4, 0.5) is 0 Å². The van der Waals surface area contributed by atoms with E-state index in [-0.39, 0.29) is 0 Å². The Labute approximate surface area is 127 Å². The number of nitrogens with zero attached hydrogens (tertiary/aromatic N) is 4. The summed E-state index contributed by atoms with van der Waals surface area (Å²) in [6.07, 6.45) is 4.88. The second-order valence-corrected chi connectivity index (χ2v) is 5.66. The zero-order valence-electron chi connectivity index (χ0n) is 13.6. The first-order valence-electron chi connectivity index (χ1n) is 7.92. The molecule has 2 rings (SSSR count). The van der Waals surface area contributed by atoms with Gasteiger partial charge in [-0.25, -0.2) is 0 Å². The molecule has 0 radical (unpaired) electrons. The van der Waals surface area contributed by atoms with Gasteiger partial charge in [-0.05, 0) is 51.3 Å². The van der Waals surface area contributed by atoms with E-state index in [9.17, 15) is 0 Å². The summed E-state index contributed by atoms with van der Waals surface area (Å²) >= 11 is 0. The largest absolute Gasteiger partial charge is 0.330 e. The summed E-state index contributed by atoms with van der Waals surface area (Å²) in [7, 11) is 0. The highest BCUT2D eigenvalue weighted by molar-refractivity contribution is 5.28. The summed E-state index contributed by atoms with van der Waals surface area (Å²) in [6.45, 7) is 10.0. The minimum atomic E-state index is 0.390. The summed E-state index contributed by atoms with van der Waals surface area (Å²) in [5.41, 5.74) is 10.6. The van der Waals surface area contributed by atoms with Gasteiger partial charge in [-0.3, -0.25) is 9.36 Å². The summed E-state index contributed by atoms with van der Waals surface area (Å²) < 4.78 is 4.10. The van der Waals surface area contributed by atoms with Crippen LogP contribution in [0.1, 0.15) is 56.4 Å². The minimum Gasteiger partial charge on any atom is -0.330 e. The van der Waals surface area contributed by atoms with Crippen LogP contribution in [0, 0.1) is 0 Å². The molecule has 0 fully saturated rings. The maximum Gasteiger partial charge on any atom is 0.0853 e. The van der Waals surface area contributed by atoms with Crippen LogP contribution in [0.5, 0.6) is 0 Å². The van der Waals surface area contributed by atoms with E-state index in [1.165, 1.54) is 17.0 Å². The first kappa shape index (κ1) is 15.8. The third kappa shape index (κ3) is 3.35. The molecule has 2 heterocycles. The number of hydrogen-bond acceptors (Lipinski definition) is 3. The molecule has 5 nitrogen and oxygen atoms in total. The zero-order chi connectivity index (χ0) is 15.4. The Balaban J connectivity index is 2.29. The van der Waals surface area contributed by atoms with Gasteiger partial charge in [-0.2, -0.15) is 10.2 Å². The second kappa shape index (κ2) is 6.89. The van der Waals surface area contributed by atoms with Crippen LogP contribution in [-0.2, 0) is 25.8 Å². The van der Waals surface area contributed by atoms with Gasteiger partial charge in [0.05, 0.1) is 17.9 Å². The second-order valence-electron chi connectivity index (χ2n) is 5.66. The van der Waals surface area contributed by atoms with Crippen LogP contribution in [0.25, 0.3) is 0 Å². The Morgan fingerprint density at radius 3 is 2.48 bits per heavy atom. The van der Waals surface area contributed by atoms with Gasteiger partial charge in [-0.1, -0.05) is 13.8 Å². The van der Waals surface area contributed by atoms with Crippen molar-refractivity contribution in [2.75, 3.05) is 6.54 Å². The average Bonchev–Trinajstić information content (AvgIpc) is 3.04. The van der Waals surface area contributed by atoms with Gasteiger partial charge in [0.1, 0.15) is 0 Å². The lowest BCUT2D eigenvalue weighted by Gasteiger charge is -2.07. The maximum atomic E-state index is 5.75. The fourth-order valence-corrected chi connectivity index (χ4v) is 2.74. The zero-order valence-corrected chi connectivity index (χ0v) is 13.6. The van der Waals surface area contributed by atoms with E-state index < -0.39 is 0 Å². The molecule has 116 valence electrons. The van der Waals surface area contributed by atoms with Crippen molar-refractivity contribution in [3.05, 3.63) is 34.9 Å². The Morgan fingerprint density at radius 1 is 1.19 bits per heavy atom. The maximum absolute atomic E-state index is 5.75. The summed E-state index contributed by atoms with van der Waals surface area (Å²) in [4.78, 5) is 0. The van der Waals surface area contributed by atoms with Gasteiger partial charge in [0.2, 0.25) is 0 Å². The Hall–Kier alpha value is -1.62. The molecule has 2 N–H and O–H groups in total. The van der Waals surface area contributed by atoms with Gasteiger partial charge >= 0.3 is 0 Å². The van der Waals surface area contributed by atoms with E-state index in [0.29, 0.717) is 12.6 Å². The van der Waals surface area contributed by atoms with Crippen molar-refractivity contribution in [1.29, 1.82) is 0 Å². The Kier molecular flexibility index (Phi) is 5.17. The highest BCUT2D eigenvalue weighted by Crippen LogP contribution is 2.18. The number of aromatic nitrogens is 4. The predicted octanol–water partition coefficient (Wildman–Crippen LogP) is 2.33. The molecule has 2 aromatic rings. The molecular formula is C16H27N5. The molecule has 5 heteroatoms. The summed E-state index contributed by atoms with van der Waals surface area (Å²) in [6, 6.07) is 2.47. The topological polar surface area (TPSA) is 61.7 Å². The van der Waals surface area contributed by atoms with Crippen LogP contribution in [0.3, 0.4) is 0 Å². The summed E-state index contributed by atoms with van der Waals surface area (Å²) in [5.74, 6) is 0. The van der Waals surface area contributed by atoms with Crippen LogP contribution < -0.4 is 5.73 Å². The third-order valence-corrected chi connectivity index (χ3v) is 3.82. The van der Waals surface area contributed by atoms with Gasteiger partial charge in [-0.15, -0.1) is 0 Å². The van der Waals surface area contributed by atoms with Crippen molar-refractivity contribution in [3.8, 4) is 0 Å².